The number of esters is 1. The maximum Gasteiger partial charge on any atom is 0.338 e. The molecule has 1 amide bonds. The van der Waals surface area contributed by atoms with Gasteiger partial charge in [0.05, 0.1) is 5.56 Å². The average molecular weight is 354 g/mol. The summed E-state index contributed by atoms with van der Waals surface area (Å²) < 4.78 is 5.27. The van der Waals surface area contributed by atoms with Crippen molar-refractivity contribution in [3.05, 3.63) is 65.7 Å². The molecule has 2 aromatic rings. The van der Waals surface area contributed by atoms with E-state index in [0.717, 1.165) is 11.3 Å². The van der Waals surface area contributed by atoms with Crippen LogP contribution in [-0.4, -0.2) is 38.6 Å². The monoisotopic (exact) mass is 354 g/mol. The van der Waals surface area contributed by atoms with Gasteiger partial charge in [-0.3, -0.25) is 4.79 Å². The number of hydrogen-bond acceptors (Lipinski definition) is 4. The molecule has 0 aromatic heterocycles. The van der Waals surface area contributed by atoms with E-state index >= 15 is 0 Å². The molecule has 5 nitrogen and oxygen atoms in total. The maximum atomic E-state index is 12.2. The Labute approximate surface area is 155 Å². The van der Waals surface area contributed by atoms with Crippen LogP contribution < -0.4 is 10.2 Å². The highest BCUT2D eigenvalue weighted by Gasteiger charge is 2.19. The van der Waals surface area contributed by atoms with E-state index in [-0.39, 0.29) is 11.8 Å². The van der Waals surface area contributed by atoms with Crippen LogP contribution in [0.2, 0.25) is 0 Å². The van der Waals surface area contributed by atoms with Gasteiger partial charge in [0, 0.05) is 26.3 Å². The number of nitrogens with one attached hydrogen (secondary N) is 1. The molecule has 2 aromatic carbocycles. The van der Waals surface area contributed by atoms with E-state index < -0.39 is 12.1 Å². The lowest BCUT2D eigenvalue weighted by molar-refractivity contribution is -0.129. The highest BCUT2D eigenvalue weighted by Crippen LogP contribution is 2.15. The first-order valence-electron chi connectivity index (χ1n) is 8.69. The predicted molar refractivity (Wildman–Crippen MR) is 104 cm³/mol. The van der Waals surface area contributed by atoms with Gasteiger partial charge in [0.25, 0.3) is 5.91 Å². The van der Waals surface area contributed by atoms with Gasteiger partial charge in [0.15, 0.2) is 6.10 Å². The van der Waals surface area contributed by atoms with E-state index in [1.54, 1.807) is 19.1 Å². The van der Waals surface area contributed by atoms with Crippen LogP contribution in [0.4, 0.5) is 5.69 Å². The van der Waals surface area contributed by atoms with Gasteiger partial charge in [0.1, 0.15) is 0 Å². The second kappa shape index (κ2) is 9.04. The Morgan fingerprint density at radius 2 is 1.62 bits per heavy atom. The molecule has 0 aliphatic rings. The van der Waals surface area contributed by atoms with Crippen LogP contribution >= 0.6 is 0 Å². The molecule has 1 N–H and O–H groups in total. The molecule has 2 rings (SSSR count). The summed E-state index contributed by atoms with van der Waals surface area (Å²) in [6, 6.07) is 17.0. The first-order chi connectivity index (χ1) is 12.4. The van der Waals surface area contributed by atoms with Gasteiger partial charge >= 0.3 is 5.97 Å². The molecule has 0 saturated heterocycles. The van der Waals surface area contributed by atoms with E-state index in [1.807, 2.05) is 68.4 Å². The maximum absolute atomic E-state index is 12.2. The molecular weight excluding hydrogens is 328 g/mol. The molecule has 5 heteroatoms. The molecule has 2 atom stereocenters. The van der Waals surface area contributed by atoms with Crippen LogP contribution in [-0.2, 0) is 9.53 Å². The van der Waals surface area contributed by atoms with Gasteiger partial charge in [-0.2, -0.15) is 0 Å². The Balaban J connectivity index is 1.85. The lowest BCUT2D eigenvalue weighted by Gasteiger charge is -2.17. The van der Waals surface area contributed by atoms with E-state index in [2.05, 4.69) is 5.32 Å². The third kappa shape index (κ3) is 5.34. The van der Waals surface area contributed by atoms with Crippen LogP contribution in [0.25, 0.3) is 0 Å². The summed E-state index contributed by atoms with van der Waals surface area (Å²) in [5.74, 6) is -0.623. The molecule has 0 aliphatic carbocycles. The van der Waals surface area contributed by atoms with Gasteiger partial charge in [0.2, 0.25) is 0 Å². The molecule has 0 heterocycles. The quantitative estimate of drug-likeness (QED) is 0.776. The minimum atomic E-state index is -0.848. The zero-order chi connectivity index (χ0) is 19.1. The molecular formula is C21H26N2O3. The number of benzene rings is 2. The summed E-state index contributed by atoms with van der Waals surface area (Å²) in [4.78, 5) is 26.3. The lowest BCUT2D eigenvalue weighted by Crippen LogP contribution is -2.37. The summed E-state index contributed by atoms with van der Waals surface area (Å²) >= 11 is 0. The van der Waals surface area contributed by atoms with E-state index in [0.29, 0.717) is 12.1 Å². The van der Waals surface area contributed by atoms with E-state index in [1.165, 1.54) is 0 Å². The summed E-state index contributed by atoms with van der Waals surface area (Å²) in [5.41, 5.74) is 2.56. The molecule has 0 saturated carbocycles. The topological polar surface area (TPSA) is 58.6 Å². The fraction of sp³-hybridized carbons (Fsp3) is 0.333. The lowest BCUT2D eigenvalue weighted by atomic mass is 10.0. The van der Waals surface area contributed by atoms with Gasteiger partial charge in [-0.05, 0) is 42.7 Å². The smallest absolute Gasteiger partial charge is 0.338 e. The summed E-state index contributed by atoms with van der Waals surface area (Å²) in [6.07, 6.45) is -0.848. The van der Waals surface area contributed by atoms with Crippen molar-refractivity contribution in [3.63, 3.8) is 0 Å². The Hall–Kier alpha value is -2.82. The number of rotatable bonds is 7. The van der Waals surface area contributed by atoms with Crippen LogP contribution in [0.3, 0.4) is 0 Å². The number of amides is 1. The minimum Gasteiger partial charge on any atom is -0.449 e. The Kier molecular flexibility index (Phi) is 6.78. The fourth-order valence-electron chi connectivity index (χ4n) is 2.47. The van der Waals surface area contributed by atoms with Gasteiger partial charge in [-0.1, -0.05) is 37.3 Å². The van der Waals surface area contributed by atoms with E-state index in [9.17, 15) is 9.59 Å². The Bertz CT molecular complexity index is 727. The summed E-state index contributed by atoms with van der Waals surface area (Å²) in [7, 11) is 3.85. The first kappa shape index (κ1) is 19.5. The van der Waals surface area contributed by atoms with Crippen molar-refractivity contribution in [2.45, 2.75) is 25.9 Å². The van der Waals surface area contributed by atoms with Crippen molar-refractivity contribution in [2.75, 3.05) is 25.5 Å². The van der Waals surface area contributed by atoms with Crippen molar-refractivity contribution in [1.29, 1.82) is 0 Å². The molecule has 138 valence electrons. The van der Waals surface area contributed by atoms with Crippen molar-refractivity contribution < 1.29 is 14.3 Å². The normalized spacial score (nSPS) is 12.8. The van der Waals surface area contributed by atoms with Crippen molar-refractivity contribution in [1.82, 2.24) is 5.32 Å². The third-order valence-electron chi connectivity index (χ3n) is 4.22. The number of ether oxygens (including phenoxy) is 1. The predicted octanol–water partition coefficient (Wildman–Crippen LogP) is 3.22. The van der Waals surface area contributed by atoms with Crippen LogP contribution in [0.1, 0.15) is 35.7 Å². The largest absolute Gasteiger partial charge is 0.449 e. The van der Waals surface area contributed by atoms with E-state index in [4.69, 9.17) is 4.74 Å². The summed E-state index contributed by atoms with van der Waals surface area (Å²) in [5, 5.41) is 2.84. The number of nitrogens with zero attached hydrogens (tertiary/aromatic N) is 1. The number of anilines is 1. The molecule has 0 spiro atoms. The molecule has 26 heavy (non-hydrogen) atoms. The second-order valence-electron chi connectivity index (χ2n) is 6.55. The molecule has 0 unspecified atom stereocenters. The zero-order valence-corrected chi connectivity index (χ0v) is 15.7. The highest BCUT2D eigenvalue weighted by atomic mass is 16.5. The third-order valence-corrected chi connectivity index (χ3v) is 4.22. The van der Waals surface area contributed by atoms with Gasteiger partial charge in [-0.15, -0.1) is 0 Å². The average Bonchev–Trinajstić information content (AvgIpc) is 2.66. The molecule has 0 radical (unpaired) electrons. The SMILES string of the molecule is C[C@H](OC(=O)c1ccc(N(C)C)cc1)C(=O)NC[C@@H](C)c1ccccc1. The molecule has 0 fully saturated rings. The zero-order valence-electron chi connectivity index (χ0n) is 15.7. The first-order valence-corrected chi connectivity index (χ1v) is 8.69. The number of carbonyl (C=O) groups is 2. The van der Waals surface area contributed by atoms with Gasteiger partial charge in [-0.25, -0.2) is 4.79 Å². The fourth-order valence-corrected chi connectivity index (χ4v) is 2.47. The van der Waals surface area contributed by atoms with Crippen LogP contribution in [0.5, 0.6) is 0 Å². The van der Waals surface area contributed by atoms with Crippen molar-refractivity contribution in [3.8, 4) is 0 Å². The standard InChI is InChI=1S/C21H26N2O3/c1-15(17-8-6-5-7-9-17)14-22-20(24)16(2)26-21(25)18-10-12-19(13-11-18)23(3)4/h5-13,15-16H,14H2,1-4H3,(H,22,24)/t15-,16+/m1/s1. The van der Waals surface area contributed by atoms with Crippen molar-refractivity contribution in [2.24, 2.45) is 0 Å². The number of hydrogen-bond donors (Lipinski definition) is 1. The number of carbonyl (C=O) groups excluding carboxylic acids is 2. The van der Waals surface area contributed by atoms with Crippen molar-refractivity contribution >= 4 is 17.6 Å². The summed E-state index contributed by atoms with van der Waals surface area (Å²) in [6.45, 7) is 4.11. The Morgan fingerprint density at radius 3 is 2.19 bits per heavy atom. The Morgan fingerprint density at radius 1 is 1.00 bits per heavy atom. The second-order valence-corrected chi connectivity index (χ2v) is 6.55. The highest BCUT2D eigenvalue weighted by molar-refractivity contribution is 5.92. The molecule has 0 aliphatic heterocycles. The van der Waals surface area contributed by atoms with Crippen LogP contribution in [0, 0.1) is 0 Å². The minimum absolute atomic E-state index is 0.182. The van der Waals surface area contributed by atoms with Gasteiger partial charge < -0.3 is 15.0 Å². The van der Waals surface area contributed by atoms with Crippen LogP contribution in [0.15, 0.2) is 54.6 Å². The molecule has 0 bridgehead atoms.